The average Bonchev–Trinajstić information content (AvgIpc) is 1.57. The summed E-state index contributed by atoms with van der Waals surface area (Å²) in [5.74, 6) is 0. The molecule has 0 atom stereocenters. The van der Waals surface area contributed by atoms with Crippen molar-refractivity contribution in [2.75, 3.05) is 0 Å². The number of hydrogen-bond acceptors (Lipinski definition) is 4. The van der Waals surface area contributed by atoms with Crippen molar-refractivity contribution in [2.24, 2.45) is 14.1 Å². The summed E-state index contributed by atoms with van der Waals surface area (Å²) < 4.78 is 11.7. The second kappa shape index (κ2) is 33.4. The van der Waals surface area contributed by atoms with Crippen LogP contribution in [0.5, 0.6) is 0 Å². The minimum atomic E-state index is 0.0477. The molecule has 0 fully saturated rings. The number of hydrogen-bond donors (Lipinski definition) is 0. The summed E-state index contributed by atoms with van der Waals surface area (Å²) in [5, 5.41) is 0. The van der Waals surface area contributed by atoms with Crippen LogP contribution >= 0.6 is 45.3 Å². The Balaban J connectivity index is 0.913. The van der Waals surface area contributed by atoms with E-state index in [4.69, 9.17) is 0 Å². The van der Waals surface area contributed by atoms with Crippen LogP contribution in [0.15, 0.2) is 24.3 Å². The van der Waals surface area contributed by atoms with Gasteiger partial charge in [0.05, 0.1) is 40.9 Å². The molecule has 0 saturated heterocycles. The lowest BCUT2D eigenvalue weighted by Crippen LogP contribution is -2.27. The quantitative estimate of drug-likeness (QED) is 0.0337. The van der Waals surface area contributed by atoms with E-state index < -0.39 is 0 Å². The first kappa shape index (κ1) is 66.0. The van der Waals surface area contributed by atoms with Gasteiger partial charge in [0.15, 0.2) is 0 Å². The standard InChI is InChI=1S/C78H120N2S4/c1-9-15-21-23-25-27-29-31-33-35-37-39-41-43-45-47-49-59-55-65-73(81-59)75-69(79(65)7)67-71(83-75)61-57-64-62(58-63(61)77(67,51-17-11-3)52-18-12-4)72-68(78(64,53-19-13-5)54-20-14-6)70-76(84-72)74-66(80(70)8)56-60(82-74)50-48-46-44-42-40-38-36-34-32-30-28-26-24-22-16-10-2/h55-58H,9-54H2,1-8H3. The monoisotopic (exact) mass is 1210 g/mol. The number of fused-ring (bicyclic) bond motifs is 14. The zero-order valence-electron chi connectivity index (χ0n) is 55.4. The van der Waals surface area contributed by atoms with E-state index in [0.29, 0.717) is 0 Å². The average molecular weight is 1210 g/mol. The lowest BCUT2D eigenvalue weighted by molar-refractivity contribution is 0.412. The second-order valence-corrected chi connectivity index (χ2v) is 31.9. The van der Waals surface area contributed by atoms with Crippen molar-refractivity contribution in [3.05, 3.63) is 56.3 Å². The zero-order valence-corrected chi connectivity index (χ0v) is 58.6. The van der Waals surface area contributed by atoms with Crippen LogP contribution in [0.25, 0.3) is 61.7 Å². The van der Waals surface area contributed by atoms with Crippen LogP contribution in [-0.4, -0.2) is 9.13 Å². The first-order chi connectivity index (χ1) is 41.3. The molecule has 6 heteroatoms. The van der Waals surface area contributed by atoms with Gasteiger partial charge in [-0.15, -0.1) is 45.3 Å². The van der Waals surface area contributed by atoms with E-state index in [9.17, 15) is 0 Å². The minimum absolute atomic E-state index is 0.0477. The topological polar surface area (TPSA) is 9.86 Å². The van der Waals surface area contributed by atoms with Crippen LogP contribution in [0.2, 0.25) is 0 Å². The maximum absolute atomic E-state index is 2.87. The van der Waals surface area contributed by atoms with Gasteiger partial charge in [0.25, 0.3) is 0 Å². The van der Waals surface area contributed by atoms with Crippen molar-refractivity contribution >= 4 is 86.2 Å². The van der Waals surface area contributed by atoms with Crippen LogP contribution < -0.4 is 0 Å². The highest BCUT2D eigenvalue weighted by Crippen LogP contribution is 2.67. The molecule has 0 amide bonds. The fourth-order valence-electron chi connectivity index (χ4n) is 16.2. The lowest BCUT2D eigenvalue weighted by atomic mass is 9.68. The fourth-order valence-corrected chi connectivity index (χ4v) is 21.8. The molecule has 0 spiro atoms. The van der Waals surface area contributed by atoms with Crippen LogP contribution in [0.1, 0.15) is 356 Å². The van der Waals surface area contributed by atoms with Gasteiger partial charge in [0, 0.05) is 55.6 Å². The van der Waals surface area contributed by atoms with Crippen LogP contribution in [0.3, 0.4) is 0 Å². The largest absolute Gasteiger partial charge is 0.342 e. The maximum atomic E-state index is 2.87. The highest BCUT2D eigenvalue weighted by Gasteiger charge is 2.51. The van der Waals surface area contributed by atoms with Gasteiger partial charge in [-0.1, -0.05) is 286 Å². The molecule has 0 saturated carbocycles. The van der Waals surface area contributed by atoms with E-state index in [0.717, 1.165) is 0 Å². The fraction of sp³-hybridized carbons (Fsp3) is 0.718. The molecule has 9 rings (SSSR count). The maximum Gasteiger partial charge on any atom is 0.0710 e. The summed E-state index contributed by atoms with van der Waals surface area (Å²) >= 11 is 8.68. The number of aryl methyl sites for hydroxylation is 4. The number of rotatable bonds is 46. The summed E-state index contributed by atoms with van der Waals surface area (Å²) in [5.41, 5.74) is 16.3. The molecule has 2 aliphatic rings. The van der Waals surface area contributed by atoms with Gasteiger partial charge < -0.3 is 9.13 Å². The summed E-state index contributed by atoms with van der Waals surface area (Å²) in [6.45, 7) is 14.4. The molecule has 6 heterocycles. The van der Waals surface area contributed by atoms with Crippen molar-refractivity contribution in [1.82, 2.24) is 9.13 Å². The molecule has 84 heavy (non-hydrogen) atoms. The van der Waals surface area contributed by atoms with E-state index in [1.165, 1.54) is 306 Å². The smallest absolute Gasteiger partial charge is 0.0710 e. The number of thiophene rings is 4. The van der Waals surface area contributed by atoms with Crippen LogP contribution in [-0.2, 0) is 37.8 Å². The Hall–Kier alpha value is -2.38. The SMILES string of the molecule is CCCCCCCCCCCCCCCCCCc1cc2c(s1)c1sc3c(c1n2C)C(CCCC)(CCCC)c1cc2c(cc1-3)C(CCCC)(CCCC)c1c-2sc2c3sc(CCCCCCCCCCCCCCCCCC)cc3n(C)c12. The Morgan fingerprint density at radius 2 is 0.560 bits per heavy atom. The molecule has 0 radical (unpaired) electrons. The molecule has 7 aromatic rings. The Bertz CT molecular complexity index is 2840. The summed E-state index contributed by atoms with van der Waals surface area (Å²) in [4.78, 5) is 6.48. The molecule has 2 nitrogen and oxygen atoms in total. The van der Waals surface area contributed by atoms with Crippen molar-refractivity contribution in [1.29, 1.82) is 0 Å². The molecule has 0 N–H and O–H groups in total. The molecule has 1 aromatic carbocycles. The Morgan fingerprint density at radius 3 is 0.833 bits per heavy atom. The second-order valence-electron chi connectivity index (χ2n) is 27.6. The van der Waals surface area contributed by atoms with Crippen molar-refractivity contribution < 1.29 is 0 Å². The number of unbranched alkanes of at least 4 members (excludes halogenated alkanes) is 34. The predicted molar refractivity (Wildman–Crippen MR) is 383 cm³/mol. The highest BCUT2D eigenvalue weighted by atomic mass is 32.1. The van der Waals surface area contributed by atoms with Gasteiger partial charge in [0.1, 0.15) is 0 Å². The van der Waals surface area contributed by atoms with Gasteiger partial charge in [-0.2, -0.15) is 0 Å². The number of aromatic nitrogens is 2. The third kappa shape index (κ3) is 14.9. The first-order valence-electron chi connectivity index (χ1n) is 36.6. The van der Waals surface area contributed by atoms with Gasteiger partial charge in [-0.25, -0.2) is 0 Å². The predicted octanol–water partition coefficient (Wildman–Crippen LogP) is 28.1. The van der Waals surface area contributed by atoms with Crippen molar-refractivity contribution in [2.45, 2.75) is 348 Å². The first-order valence-corrected chi connectivity index (χ1v) is 39.9. The Kier molecular flexibility index (Phi) is 26.3. The minimum Gasteiger partial charge on any atom is -0.342 e. The molecule has 2 aliphatic carbocycles. The van der Waals surface area contributed by atoms with E-state index in [1.54, 1.807) is 82.7 Å². The van der Waals surface area contributed by atoms with E-state index >= 15 is 0 Å². The molecular weight excluding hydrogens is 1090 g/mol. The summed E-state index contributed by atoms with van der Waals surface area (Å²) in [6.07, 6.45) is 63.4. The number of benzene rings is 1. The highest BCUT2D eigenvalue weighted by molar-refractivity contribution is 7.30. The number of nitrogens with zero attached hydrogens (tertiary/aromatic N) is 2. The Morgan fingerprint density at radius 1 is 0.298 bits per heavy atom. The van der Waals surface area contributed by atoms with Crippen molar-refractivity contribution in [3.8, 4) is 20.9 Å². The van der Waals surface area contributed by atoms with Crippen LogP contribution in [0.4, 0.5) is 0 Å². The molecule has 6 aromatic heterocycles. The Labute approximate surface area is 530 Å². The lowest BCUT2D eigenvalue weighted by Gasteiger charge is -2.34. The molecular formula is C78H120N2S4. The third-order valence-corrected chi connectivity index (χ3v) is 26.2. The van der Waals surface area contributed by atoms with E-state index in [1.807, 2.05) is 0 Å². The molecule has 0 bridgehead atoms. The molecule has 466 valence electrons. The van der Waals surface area contributed by atoms with E-state index in [2.05, 4.69) is 134 Å². The van der Waals surface area contributed by atoms with Crippen molar-refractivity contribution in [3.63, 3.8) is 0 Å². The van der Waals surface area contributed by atoms with Crippen LogP contribution in [0, 0.1) is 0 Å². The summed E-state index contributed by atoms with van der Waals surface area (Å²) in [7, 11) is 4.88. The molecule has 0 aliphatic heterocycles. The van der Waals surface area contributed by atoms with Gasteiger partial charge >= 0.3 is 0 Å². The van der Waals surface area contributed by atoms with Gasteiger partial charge in [-0.05, 0) is 97.9 Å². The van der Waals surface area contributed by atoms with Gasteiger partial charge in [-0.3, -0.25) is 0 Å². The summed E-state index contributed by atoms with van der Waals surface area (Å²) in [6, 6.07) is 11.0. The van der Waals surface area contributed by atoms with Gasteiger partial charge in [0.2, 0.25) is 0 Å². The third-order valence-electron chi connectivity index (χ3n) is 21.1. The normalized spacial score (nSPS) is 14.2. The van der Waals surface area contributed by atoms with E-state index in [-0.39, 0.29) is 10.8 Å². The molecule has 0 unspecified atom stereocenters. The zero-order chi connectivity index (χ0) is 58.7.